The molecule has 0 bridgehead atoms. The SMILES string of the molecule is Cc1cc(-c2n[nH]c(CCl)n2)nc2ccccc12. The number of rotatable bonds is 2. The van der Waals surface area contributed by atoms with E-state index in [1.807, 2.05) is 24.3 Å². The van der Waals surface area contributed by atoms with Crippen LogP contribution in [0.15, 0.2) is 30.3 Å². The Kier molecular flexibility index (Phi) is 2.72. The Morgan fingerprint density at radius 3 is 2.83 bits per heavy atom. The lowest BCUT2D eigenvalue weighted by Gasteiger charge is -2.03. The van der Waals surface area contributed by atoms with Crippen molar-refractivity contribution in [1.82, 2.24) is 20.2 Å². The summed E-state index contributed by atoms with van der Waals surface area (Å²) >= 11 is 5.70. The van der Waals surface area contributed by atoms with Crippen molar-refractivity contribution < 1.29 is 0 Å². The van der Waals surface area contributed by atoms with Gasteiger partial charge in [-0.2, -0.15) is 5.10 Å². The summed E-state index contributed by atoms with van der Waals surface area (Å²) in [7, 11) is 0. The summed E-state index contributed by atoms with van der Waals surface area (Å²) < 4.78 is 0. The maximum Gasteiger partial charge on any atom is 0.199 e. The van der Waals surface area contributed by atoms with Gasteiger partial charge in [0.25, 0.3) is 0 Å². The second-order valence-corrected chi connectivity index (χ2v) is 4.35. The van der Waals surface area contributed by atoms with Crippen molar-refractivity contribution in [1.29, 1.82) is 0 Å². The van der Waals surface area contributed by atoms with Crippen LogP contribution < -0.4 is 0 Å². The van der Waals surface area contributed by atoms with Gasteiger partial charge in [-0.3, -0.25) is 5.10 Å². The van der Waals surface area contributed by atoms with Crippen LogP contribution in [0.1, 0.15) is 11.4 Å². The first-order valence-corrected chi connectivity index (χ1v) is 6.15. The Balaban J connectivity index is 2.18. The predicted octanol–water partition coefficient (Wildman–Crippen LogP) is 3.07. The van der Waals surface area contributed by atoms with Crippen molar-refractivity contribution in [3.05, 3.63) is 41.7 Å². The van der Waals surface area contributed by atoms with Gasteiger partial charge in [-0.1, -0.05) is 18.2 Å². The van der Waals surface area contributed by atoms with E-state index in [-0.39, 0.29) is 0 Å². The quantitative estimate of drug-likeness (QED) is 0.719. The van der Waals surface area contributed by atoms with Crippen molar-refractivity contribution >= 4 is 22.5 Å². The van der Waals surface area contributed by atoms with Crippen LogP contribution in [-0.4, -0.2) is 20.2 Å². The van der Waals surface area contributed by atoms with E-state index in [4.69, 9.17) is 11.6 Å². The Morgan fingerprint density at radius 2 is 2.06 bits per heavy atom. The van der Waals surface area contributed by atoms with Crippen LogP contribution in [-0.2, 0) is 5.88 Å². The standard InChI is InChI=1S/C13H11ClN4/c1-8-6-11(13-16-12(7-14)17-18-13)15-10-5-3-2-4-9(8)10/h2-6H,7H2,1H3,(H,16,17,18). The highest BCUT2D eigenvalue weighted by Gasteiger charge is 2.09. The Hall–Kier alpha value is -1.94. The minimum atomic E-state index is 0.319. The van der Waals surface area contributed by atoms with Crippen molar-refractivity contribution in [2.24, 2.45) is 0 Å². The van der Waals surface area contributed by atoms with Crippen LogP contribution in [0.5, 0.6) is 0 Å². The number of H-pyrrole nitrogens is 1. The highest BCUT2D eigenvalue weighted by molar-refractivity contribution is 6.16. The molecule has 1 aromatic carbocycles. The van der Waals surface area contributed by atoms with Crippen LogP contribution >= 0.6 is 11.6 Å². The van der Waals surface area contributed by atoms with Gasteiger partial charge in [0.15, 0.2) is 5.82 Å². The number of benzene rings is 1. The molecule has 0 saturated carbocycles. The molecule has 0 spiro atoms. The van der Waals surface area contributed by atoms with E-state index in [1.54, 1.807) is 0 Å². The predicted molar refractivity (Wildman–Crippen MR) is 71.4 cm³/mol. The van der Waals surface area contributed by atoms with E-state index < -0.39 is 0 Å². The number of hydrogen-bond donors (Lipinski definition) is 1. The van der Waals surface area contributed by atoms with Crippen LogP contribution in [0.3, 0.4) is 0 Å². The molecule has 3 rings (SSSR count). The zero-order valence-electron chi connectivity index (χ0n) is 9.81. The van der Waals surface area contributed by atoms with Gasteiger partial charge in [-0.05, 0) is 24.6 Å². The highest BCUT2D eigenvalue weighted by atomic mass is 35.5. The number of aromatic nitrogens is 4. The largest absolute Gasteiger partial charge is 0.262 e. The summed E-state index contributed by atoms with van der Waals surface area (Å²) in [5.74, 6) is 1.55. The number of nitrogens with one attached hydrogen (secondary N) is 1. The van der Waals surface area contributed by atoms with Gasteiger partial charge < -0.3 is 0 Å². The first-order chi connectivity index (χ1) is 8.78. The van der Waals surface area contributed by atoms with Crippen molar-refractivity contribution in [2.45, 2.75) is 12.8 Å². The molecule has 0 aliphatic rings. The molecular weight excluding hydrogens is 248 g/mol. The second kappa shape index (κ2) is 4.38. The molecule has 0 aliphatic heterocycles. The lowest BCUT2D eigenvalue weighted by atomic mass is 10.1. The number of hydrogen-bond acceptors (Lipinski definition) is 3. The number of fused-ring (bicyclic) bond motifs is 1. The smallest absolute Gasteiger partial charge is 0.199 e. The Labute approximate surface area is 109 Å². The Bertz CT molecular complexity index is 705. The summed E-state index contributed by atoms with van der Waals surface area (Å²) in [6.45, 7) is 2.06. The molecule has 0 saturated heterocycles. The van der Waals surface area contributed by atoms with Crippen molar-refractivity contribution in [2.75, 3.05) is 0 Å². The maximum absolute atomic E-state index is 5.70. The average Bonchev–Trinajstić information content (AvgIpc) is 2.87. The lowest BCUT2D eigenvalue weighted by Crippen LogP contribution is -1.90. The van der Waals surface area contributed by atoms with Gasteiger partial charge in [0, 0.05) is 5.39 Å². The fraction of sp³-hybridized carbons (Fsp3) is 0.154. The van der Waals surface area contributed by atoms with Gasteiger partial charge in [0.2, 0.25) is 0 Å². The van der Waals surface area contributed by atoms with Crippen molar-refractivity contribution in [3.8, 4) is 11.5 Å². The lowest BCUT2D eigenvalue weighted by molar-refractivity contribution is 1.02. The fourth-order valence-electron chi connectivity index (χ4n) is 1.93. The third-order valence-corrected chi connectivity index (χ3v) is 3.06. The number of aryl methyl sites for hydroxylation is 1. The number of halogens is 1. The van der Waals surface area contributed by atoms with Gasteiger partial charge in [-0.15, -0.1) is 11.6 Å². The monoisotopic (exact) mass is 258 g/mol. The molecule has 0 radical (unpaired) electrons. The number of alkyl halides is 1. The molecule has 90 valence electrons. The number of aromatic amines is 1. The molecule has 0 amide bonds. The normalized spacial score (nSPS) is 11.0. The van der Waals surface area contributed by atoms with E-state index in [0.717, 1.165) is 22.2 Å². The van der Waals surface area contributed by atoms with Gasteiger partial charge >= 0.3 is 0 Å². The van der Waals surface area contributed by atoms with Crippen LogP contribution in [0.4, 0.5) is 0 Å². The van der Waals surface area contributed by atoms with Crippen LogP contribution in [0, 0.1) is 6.92 Å². The summed E-state index contributed by atoms with van der Waals surface area (Å²) in [5, 5.41) is 8.06. The minimum absolute atomic E-state index is 0.319. The van der Waals surface area contributed by atoms with Gasteiger partial charge in [-0.25, -0.2) is 9.97 Å². The van der Waals surface area contributed by atoms with Gasteiger partial charge in [0.05, 0.1) is 11.4 Å². The van der Waals surface area contributed by atoms with Crippen LogP contribution in [0.25, 0.3) is 22.4 Å². The van der Waals surface area contributed by atoms with E-state index >= 15 is 0 Å². The Morgan fingerprint density at radius 1 is 1.22 bits per heavy atom. The first kappa shape index (κ1) is 11.2. The molecule has 0 fully saturated rings. The summed E-state index contributed by atoms with van der Waals surface area (Å²) in [4.78, 5) is 8.85. The molecule has 1 N–H and O–H groups in total. The molecular formula is C13H11ClN4. The molecule has 2 aromatic heterocycles. The van der Waals surface area contributed by atoms with E-state index in [2.05, 4.69) is 33.2 Å². The molecule has 0 aliphatic carbocycles. The van der Waals surface area contributed by atoms with Gasteiger partial charge in [0.1, 0.15) is 11.5 Å². The number of pyridine rings is 1. The molecule has 4 nitrogen and oxygen atoms in total. The zero-order chi connectivity index (χ0) is 12.5. The highest BCUT2D eigenvalue weighted by Crippen LogP contribution is 2.22. The number of nitrogens with zero attached hydrogens (tertiary/aromatic N) is 3. The molecule has 0 unspecified atom stereocenters. The van der Waals surface area contributed by atoms with E-state index in [0.29, 0.717) is 17.5 Å². The molecule has 2 heterocycles. The number of para-hydroxylation sites is 1. The maximum atomic E-state index is 5.70. The van der Waals surface area contributed by atoms with Crippen LogP contribution in [0.2, 0.25) is 0 Å². The first-order valence-electron chi connectivity index (χ1n) is 5.62. The summed E-state index contributed by atoms with van der Waals surface area (Å²) in [6.07, 6.45) is 0. The topological polar surface area (TPSA) is 54.5 Å². The summed E-state index contributed by atoms with van der Waals surface area (Å²) in [6, 6.07) is 10.0. The zero-order valence-corrected chi connectivity index (χ0v) is 10.6. The molecule has 18 heavy (non-hydrogen) atoms. The summed E-state index contributed by atoms with van der Waals surface area (Å²) in [5.41, 5.74) is 2.87. The third-order valence-electron chi connectivity index (χ3n) is 2.81. The average molecular weight is 259 g/mol. The minimum Gasteiger partial charge on any atom is -0.262 e. The fourth-order valence-corrected chi connectivity index (χ4v) is 2.05. The molecule has 0 atom stereocenters. The van der Waals surface area contributed by atoms with Crippen molar-refractivity contribution in [3.63, 3.8) is 0 Å². The molecule has 3 aromatic rings. The van der Waals surface area contributed by atoms with E-state index in [1.165, 1.54) is 0 Å². The van der Waals surface area contributed by atoms with E-state index in [9.17, 15) is 0 Å². The third kappa shape index (κ3) is 1.84. The second-order valence-electron chi connectivity index (χ2n) is 4.08. The molecule has 5 heteroatoms.